The summed E-state index contributed by atoms with van der Waals surface area (Å²) in [5, 5.41) is 0.564. The van der Waals surface area contributed by atoms with Gasteiger partial charge in [0, 0.05) is 22.3 Å². The van der Waals surface area contributed by atoms with Gasteiger partial charge in [0.25, 0.3) is 10.0 Å². The van der Waals surface area contributed by atoms with Crippen LogP contribution in [0.4, 0.5) is 5.69 Å². The van der Waals surface area contributed by atoms with Crippen LogP contribution in [-0.4, -0.2) is 26.4 Å². The van der Waals surface area contributed by atoms with Gasteiger partial charge in [-0.05, 0) is 61.8 Å². The van der Waals surface area contributed by atoms with E-state index in [1.54, 1.807) is 12.1 Å². The first-order chi connectivity index (χ1) is 11.9. The van der Waals surface area contributed by atoms with Crippen molar-refractivity contribution in [3.63, 3.8) is 0 Å². The molecule has 0 aliphatic carbocycles. The second-order valence-electron chi connectivity index (χ2n) is 6.24. The van der Waals surface area contributed by atoms with Crippen molar-refractivity contribution in [3.8, 4) is 0 Å². The predicted octanol–water partition coefficient (Wildman–Crippen LogP) is 4.78. The van der Waals surface area contributed by atoms with Crippen LogP contribution in [0.25, 0.3) is 0 Å². The summed E-state index contributed by atoms with van der Waals surface area (Å²) in [7, 11) is -3.73. The maximum atomic E-state index is 12.5. The highest BCUT2D eigenvalue weighted by atomic mass is 35.5. The minimum Gasteiger partial charge on any atom is -0.299 e. The van der Waals surface area contributed by atoms with Gasteiger partial charge >= 0.3 is 0 Å². The van der Waals surface area contributed by atoms with E-state index in [4.69, 9.17) is 23.2 Å². The molecule has 1 heterocycles. The zero-order chi connectivity index (χ0) is 17.9. The Balaban J connectivity index is 1.69. The zero-order valence-electron chi connectivity index (χ0n) is 13.7. The molecule has 3 rings (SSSR count). The summed E-state index contributed by atoms with van der Waals surface area (Å²) in [5.74, 6) is 0. The molecule has 1 saturated heterocycles. The van der Waals surface area contributed by atoms with E-state index >= 15 is 0 Å². The number of hydrogen-bond acceptors (Lipinski definition) is 3. The molecule has 4 nitrogen and oxygen atoms in total. The molecular formula is C18H20Cl2N2O2S. The number of anilines is 1. The largest absolute Gasteiger partial charge is 0.299 e. The maximum Gasteiger partial charge on any atom is 0.261 e. The molecule has 2 aromatic rings. The highest BCUT2D eigenvalue weighted by molar-refractivity contribution is 7.92. The lowest BCUT2D eigenvalue weighted by atomic mass is 10.1. The first-order valence-electron chi connectivity index (χ1n) is 8.23. The molecule has 0 aromatic heterocycles. The molecule has 1 aliphatic heterocycles. The van der Waals surface area contributed by atoms with Gasteiger partial charge in [-0.15, -0.1) is 0 Å². The number of piperidine rings is 1. The van der Waals surface area contributed by atoms with Gasteiger partial charge in [-0.25, -0.2) is 8.42 Å². The van der Waals surface area contributed by atoms with Crippen molar-refractivity contribution in [1.82, 2.24) is 4.90 Å². The lowest BCUT2D eigenvalue weighted by molar-refractivity contribution is 0.221. The smallest absolute Gasteiger partial charge is 0.261 e. The van der Waals surface area contributed by atoms with Crippen LogP contribution in [-0.2, 0) is 16.6 Å². The Morgan fingerprint density at radius 3 is 2.12 bits per heavy atom. The molecule has 7 heteroatoms. The Morgan fingerprint density at radius 1 is 0.920 bits per heavy atom. The summed E-state index contributed by atoms with van der Waals surface area (Å²) in [6.45, 7) is 3.16. The van der Waals surface area contributed by atoms with Gasteiger partial charge in [-0.2, -0.15) is 0 Å². The van der Waals surface area contributed by atoms with Crippen molar-refractivity contribution in [2.75, 3.05) is 17.8 Å². The average Bonchev–Trinajstić information content (AvgIpc) is 2.56. The molecule has 2 aromatic carbocycles. The van der Waals surface area contributed by atoms with Gasteiger partial charge in [0.15, 0.2) is 0 Å². The predicted molar refractivity (Wildman–Crippen MR) is 103 cm³/mol. The fourth-order valence-electron chi connectivity index (χ4n) is 2.95. The molecule has 1 aliphatic rings. The lowest BCUT2D eigenvalue weighted by Gasteiger charge is -2.26. The summed E-state index contributed by atoms with van der Waals surface area (Å²) in [6.07, 6.45) is 3.81. The first kappa shape index (κ1) is 18.5. The van der Waals surface area contributed by atoms with Gasteiger partial charge < -0.3 is 0 Å². The molecule has 134 valence electrons. The Bertz CT molecular complexity index is 812. The Labute approximate surface area is 158 Å². The molecule has 1 fully saturated rings. The van der Waals surface area contributed by atoms with Gasteiger partial charge in [-0.3, -0.25) is 9.62 Å². The van der Waals surface area contributed by atoms with Crippen molar-refractivity contribution >= 4 is 38.9 Å². The van der Waals surface area contributed by atoms with E-state index in [1.165, 1.54) is 43.0 Å². The molecule has 0 bridgehead atoms. The molecule has 0 radical (unpaired) electrons. The summed E-state index contributed by atoms with van der Waals surface area (Å²) in [4.78, 5) is 2.47. The van der Waals surface area contributed by atoms with Crippen molar-refractivity contribution in [3.05, 3.63) is 58.1 Å². The number of rotatable bonds is 5. The van der Waals surface area contributed by atoms with E-state index in [0.29, 0.717) is 5.69 Å². The summed E-state index contributed by atoms with van der Waals surface area (Å²) >= 11 is 11.8. The zero-order valence-corrected chi connectivity index (χ0v) is 16.0. The third-order valence-corrected chi connectivity index (χ3v) is 6.00. The van der Waals surface area contributed by atoms with Gasteiger partial charge in [0.05, 0.1) is 4.90 Å². The van der Waals surface area contributed by atoms with Crippen molar-refractivity contribution in [2.24, 2.45) is 0 Å². The van der Waals surface area contributed by atoms with E-state index in [-0.39, 0.29) is 14.9 Å². The minimum absolute atomic E-state index is 0.0439. The highest BCUT2D eigenvalue weighted by Crippen LogP contribution is 2.24. The van der Waals surface area contributed by atoms with E-state index in [9.17, 15) is 8.42 Å². The molecule has 0 saturated carbocycles. The van der Waals surface area contributed by atoms with Crippen LogP contribution < -0.4 is 4.72 Å². The molecular weight excluding hydrogens is 379 g/mol. The molecule has 0 unspecified atom stereocenters. The molecule has 1 N–H and O–H groups in total. The van der Waals surface area contributed by atoms with Crippen LogP contribution >= 0.6 is 23.2 Å². The third-order valence-electron chi connectivity index (χ3n) is 4.21. The van der Waals surface area contributed by atoms with Crippen LogP contribution in [0.15, 0.2) is 47.4 Å². The summed E-state index contributed by atoms with van der Waals surface area (Å²) in [6, 6.07) is 11.7. The Morgan fingerprint density at radius 2 is 1.52 bits per heavy atom. The van der Waals surface area contributed by atoms with Crippen molar-refractivity contribution in [1.29, 1.82) is 0 Å². The fourth-order valence-corrected chi connectivity index (χ4v) is 4.74. The molecule has 0 amide bonds. The van der Waals surface area contributed by atoms with Crippen LogP contribution in [0.2, 0.25) is 10.0 Å². The second kappa shape index (κ2) is 7.96. The fraction of sp³-hybridized carbons (Fsp3) is 0.333. The third kappa shape index (κ3) is 5.11. The molecule has 0 atom stereocenters. The number of benzene rings is 2. The number of sulfonamides is 1. The monoisotopic (exact) mass is 398 g/mol. The topological polar surface area (TPSA) is 49.4 Å². The lowest BCUT2D eigenvalue weighted by Crippen LogP contribution is -2.29. The quantitative estimate of drug-likeness (QED) is 0.787. The van der Waals surface area contributed by atoms with Crippen LogP contribution in [0.5, 0.6) is 0 Å². The normalized spacial score (nSPS) is 15.9. The number of nitrogens with one attached hydrogen (secondary N) is 1. The number of halogens is 2. The van der Waals surface area contributed by atoms with E-state index < -0.39 is 10.0 Å². The average molecular weight is 399 g/mol. The van der Waals surface area contributed by atoms with Gasteiger partial charge in [0.1, 0.15) is 0 Å². The van der Waals surface area contributed by atoms with E-state index in [0.717, 1.165) is 19.6 Å². The Hall–Kier alpha value is -1.27. The van der Waals surface area contributed by atoms with Crippen molar-refractivity contribution < 1.29 is 8.42 Å². The highest BCUT2D eigenvalue weighted by Gasteiger charge is 2.16. The molecule has 25 heavy (non-hydrogen) atoms. The van der Waals surface area contributed by atoms with Gasteiger partial charge in [-0.1, -0.05) is 41.8 Å². The maximum absolute atomic E-state index is 12.5. The second-order valence-corrected chi connectivity index (χ2v) is 8.80. The van der Waals surface area contributed by atoms with Crippen LogP contribution in [0.3, 0.4) is 0 Å². The van der Waals surface area contributed by atoms with E-state index in [1.807, 2.05) is 12.1 Å². The summed E-state index contributed by atoms with van der Waals surface area (Å²) < 4.78 is 27.5. The SMILES string of the molecule is O=S(=O)(Nc1ccc(CN2CCCCC2)cc1)c1cc(Cl)cc(Cl)c1. The Kier molecular flexibility index (Phi) is 5.89. The number of likely N-dealkylation sites (tertiary alicyclic amines) is 1. The first-order valence-corrected chi connectivity index (χ1v) is 10.5. The van der Waals surface area contributed by atoms with Crippen LogP contribution in [0, 0.1) is 0 Å². The minimum atomic E-state index is -3.73. The van der Waals surface area contributed by atoms with E-state index in [2.05, 4.69) is 9.62 Å². The summed E-state index contributed by atoms with van der Waals surface area (Å²) in [5.41, 5.74) is 1.69. The van der Waals surface area contributed by atoms with Gasteiger partial charge in [0.2, 0.25) is 0 Å². The van der Waals surface area contributed by atoms with Crippen molar-refractivity contribution in [2.45, 2.75) is 30.7 Å². The number of nitrogens with zero attached hydrogens (tertiary/aromatic N) is 1. The number of hydrogen-bond donors (Lipinski definition) is 1. The molecule has 0 spiro atoms. The standard InChI is InChI=1S/C18H20Cl2N2O2S/c19-15-10-16(20)12-18(11-15)25(23,24)21-17-6-4-14(5-7-17)13-22-8-2-1-3-9-22/h4-7,10-12,21H,1-3,8-9,13H2. The van der Waals surface area contributed by atoms with Crippen LogP contribution in [0.1, 0.15) is 24.8 Å².